The van der Waals surface area contributed by atoms with E-state index < -0.39 is 0 Å². The van der Waals surface area contributed by atoms with Gasteiger partial charge in [-0.15, -0.1) is 0 Å². The number of anilines is 2. The molecule has 1 rings (SSSR count). The van der Waals surface area contributed by atoms with E-state index in [1.54, 1.807) is 0 Å². The number of hydrogen-bond acceptors (Lipinski definition) is 5. The van der Waals surface area contributed by atoms with Crippen molar-refractivity contribution in [1.82, 2.24) is 15.3 Å². The molecule has 17 heavy (non-hydrogen) atoms. The molecule has 4 N–H and O–H groups in total. The molecule has 6 heteroatoms. The van der Waals surface area contributed by atoms with Crippen LogP contribution in [0.1, 0.15) is 25.8 Å². The first-order valence-electron chi connectivity index (χ1n) is 5.78. The van der Waals surface area contributed by atoms with E-state index in [9.17, 15) is 4.79 Å². The molecule has 1 heterocycles. The molecule has 0 saturated carbocycles. The van der Waals surface area contributed by atoms with E-state index in [0.29, 0.717) is 18.2 Å². The number of aromatic nitrogens is 2. The summed E-state index contributed by atoms with van der Waals surface area (Å²) < 4.78 is 0. The Balaban J connectivity index is 2.57. The van der Waals surface area contributed by atoms with Crippen LogP contribution in [-0.4, -0.2) is 29.0 Å². The van der Waals surface area contributed by atoms with Gasteiger partial charge in [-0.1, -0.05) is 13.8 Å². The Morgan fingerprint density at radius 2 is 2.18 bits per heavy atom. The molecule has 0 aliphatic rings. The highest BCUT2D eigenvalue weighted by Crippen LogP contribution is 2.16. The van der Waals surface area contributed by atoms with Crippen LogP contribution in [0.5, 0.6) is 0 Å². The summed E-state index contributed by atoms with van der Waals surface area (Å²) in [7, 11) is 0. The van der Waals surface area contributed by atoms with Gasteiger partial charge in [0.15, 0.2) is 0 Å². The fourth-order valence-corrected chi connectivity index (χ4v) is 1.42. The second-order valence-corrected chi connectivity index (χ2v) is 3.64. The Morgan fingerprint density at radius 3 is 2.82 bits per heavy atom. The fourth-order valence-electron chi connectivity index (χ4n) is 1.42. The van der Waals surface area contributed by atoms with Crippen LogP contribution in [-0.2, 0) is 11.2 Å². The van der Waals surface area contributed by atoms with Crippen molar-refractivity contribution in [3.8, 4) is 0 Å². The smallest absolute Gasteiger partial charge is 0.239 e. The fraction of sp³-hybridized carbons (Fsp3) is 0.545. The Labute approximate surface area is 101 Å². The molecule has 0 aliphatic carbocycles. The van der Waals surface area contributed by atoms with Crippen molar-refractivity contribution in [2.45, 2.75) is 26.7 Å². The summed E-state index contributed by atoms with van der Waals surface area (Å²) in [6.45, 7) is 4.86. The van der Waals surface area contributed by atoms with E-state index in [4.69, 9.17) is 5.73 Å². The van der Waals surface area contributed by atoms with E-state index in [0.717, 1.165) is 18.4 Å². The molecule has 0 radical (unpaired) electrons. The largest absolute Gasteiger partial charge is 0.383 e. The van der Waals surface area contributed by atoms with Gasteiger partial charge < -0.3 is 16.4 Å². The highest BCUT2D eigenvalue weighted by atomic mass is 16.1. The van der Waals surface area contributed by atoms with Gasteiger partial charge >= 0.3 is 0 Å². The van der Waals surface area contributed by atoms with Crippen molar-refractivity contribution in [3.63, 3.8) is 0 Å². The van der Waals surface area contributed by atoms with Crippen LogP contribution >= 0.6 is 0 Å². The van der Waals surface area contributed by atoms with Gasteiger partial charge in [0.25, 0.3) is 0 Å². The van der Waals surface area contributed by atoms with Gasteiger partial charge in [-0.2, -0.15) is 0 Å². The van der Waals surface area contributed by atoms with Crippen LogP contribution in [0, 0.1) is 0 Å². The molecule has 0 saturated heterocycles. The lowest BCUT2D eigenvalue weighted by atomic mass is 10.2. The molecule has 0 aromatic carbocycles. The normalized spacial score (nSPS) is 10.0. The van der Waals surface area contributed by atoms with Crippen molar-refractivity contribution < 1.29 is 4.79 Å². The molecular weight excluding hydrogens is 218 g/mol. The van der Waals surface area contributed by atoms with Crippen molar-refractivity contribution in [3.05, 3.63) is 11.9 Å². The number of nitrogens with zero attached hydrogens (tertiary/aromatic N) is 2. The molecule has 0 aliphatic heterocycles. The van der Waals surface area contributed by atoms with Gasteiger partial charge in [0.1, 0.15) is 18.0 Å². The molecule has 0 fully saturated rings. The number of carbonyl (C=O) groups excluding carboxylic acids is 1. The zero-order valence-corrected chi connectivity index (χ0v) is 10.3. The van der Waals surface area contributed by atoms with E-state index >= 15 is 0 Å². The summed E-state index contributed by atoms with van der Waals surface area (Å²) in [5.41, 5.74) is 6.57. The molecule has 1 aromatic rings. The van der Waals surface area contributed by atoms with Crippen LogP contribution < -0.4 is 16.4 Å². The Morgan fingerprint density at radius 1 is 1.41 bits per heavy atom. The van der Waals surface area contributed by atoms with E-state index in [2.05, 4.69) is 20.6 Å². The number of nitrogens with two attached hydrogens (primary N) is 1. The van der Waals surface area contributed by atoms with Crippen molar-refractivity contribution >= 4 is 17.5 Å². The van der Waals surface area contributed by atoms with Crippen molar-refractivity contribution in [2.75, 3.05) is 24.1 Å². The summed E-state index contributed by atoms with van der Waals surface area (Å²) in [5, 5.41) is 5.75. The molecule has 94 valence electrons. The monoisotopic (exact) mass is 237 g/mol. The summed E-state index contributed by atoms with van der Waals surface area (Å²) in [4.78, 5) is 19.4. The Hall–Kier alpha value is -1.85. The second kappa shape index (κ2) is 6.67. The zero-order valence-electron chi connectivity index (χ0n) is 10.3. The number of amides is 1. The van der Waals surface area contributed by atoms with Gasteiger partial charge in [-0.25, -0.2) is 9.97 Å². The number of rotatable bonds is 6. The molecule has 0 spiro atoms. The van der Waals surface area contributed by atoms with E-state index in [1.165, 1.54) is 6.33 Å². The Kier molecular flexibility index (Phi) is 5.19. The SMILES string of the molecule is CCCNC(=O)CNc1ncnc(N)c1CC. The predicted molar refractivity (Wildman–Crippen MR) is 67.6 cm³/mol. The minimum Gasteiger partial charge on any atom is -0.383 e. The van der Waals surface area contributed by atoms with Gasteiger partial charge in [0.2, 0.25) is 5.91 Å². The maximum atomic E-state index is 11.4. The number of nitrogens with one attached hydrogen (secondary N) is 2. The number of nitrogen functional groups attached to an aromatic ring is 1. The molecule has 1 amide bonds. The minimum absolute atomic E-state index is 0.0499. The van der Waals surface area contributed by atoms with Gasteiger partial charge in [0.05, 0.1) is 6.54 Å². The predicted octanol–water partition coefficient (Wildman–Crippen LogP) is 0.559. The van der Waals surface area contributed by atoms with Gasteiger partial charge in [-0.05, 0) is 12.8 Å². The standard InChI is InChI=1S/C11H19N5O/c1-3-5-13-9(17)6-14-11-8(4-2)10(12)15-7-16-11/h7H,3-6H2,1-2H3,(H,13,17)(H3,12,14,15,16). The van der Waals surface area contributed by atoms with E-state index in [-0.39, 0.29) is 12.5 Å². The lowest BCUT2D eigenvalue weighted by molar-refractivity contribution is -0.119. The maximum absolute atomic E-state index is 11.4. The highest BCUT2D eigenvalue weighted by Gasteiger charge is 2.08. The molecule has 0 unspecified atom stereocenters. The van der Waals surface area contributed by atoms with Crippen molar-refractivity contribution in [1.29, 1.82) is 0 Å². The second-order valence-electron chi connectivity index (χ2n) is 3.64. The van der Waals surface area contributed by atoms with Crippen LogP contribution in [0.3, 0.4) is 0 Å². The lowest BCUT2D eigenvalue weighted by Gasteiger charge is -2.10. The minimum atomic E-state index is -0.0499. The van der Waals surface area contributed by atoms with Gasteiger partial charge in [-0.3, -0.25) is 4.79 Å². The average Bonchev–Trinajstić information content (AvgIpc) is 2.33. The van der Waals surface area contributed by atoms with Crippen LogP contribution in [0.2, 0.25) is 0 Å². The molecule has 0 atom stereocenters. The van der Waals surface area contributed by atoms with E-state index in [1.807, 2.05) is 13.8 Å². The average molecular weight is 237 g/mol. The first-order chi connectivity index (χ1) is 8.19. The summed E-state index contributed by atoms with van der Waals surface area (Å²) in [5.74, 6) is 1.04. The highest BCUT2D eigenvalue weighted by molar-refractivity contribution is 5.80. The number of carbonyl (C=O) groups is 1. The van der Waals surface area contributed by atoms with Crippen LogP contribution in [0.25, 0.3) is 0 Å². The molecular formula is C11H19N5O. The third-order valence-corrected chi connectivity index (χ3v) is 2.32. The molecule has 6 nitrogen and oxygen atoms in total. The molecule has 1 aromatic heterocycles. The van der Waals surface area contributed by atoms with Gasteiger partial charge in [0, 0.05) is 12.1 Å². The Bertz CT molecular complexity index is 380. The summed E-state index contributed by atoms with van der Waals surface area (Å²) in [6.07, 6.45) is 3.04. The summed E-state index contributed by atoms with van der Waals surface area (Å²) >= 11 is 0. The lowest BCUT2D eigenvalue weighted by Crippen LogP contribution is -2.30. The third kappa shape index (κ3) is 3.90. The summed E-state index contributed by atoms with van der Waals surface area (Å²) in [6, 6.07) is 0. The first kappa shape index (κ1) is 13.2. The molecule has 0 bridgehead atoms. The quantitative estimate of drug-likeness (QED) is 0.672. The number of hydrogen-bond donors (Lipinski definition) is 3. The van der Waals surface area contributed by atoms with Crippen molar-refractivity contribution in [2.24, 2.45) is 0 Å². The maximum Gasteiger partial charge on any atom is 0.239 e. The van der Waals surface area contributed by atoms with Crippen LogP contribution in [0.4, 0.5) is 11.6 Å². The topological polar surface area (TPSA) is 92.9 Å². The first-order valence-corrected chi connectivity index (χ1v) is 5.78. The third-order valence-electron chi connectivity index (χ3n) is 2.32. The zero-order chi connectivity index (χ0) is 12.7. The van der Waals surface area contributed by atoms with Crippen LogP contribution in [0.15, 0.2) is 6.33 Å².